The number of amides is 1. The molecular weight excluding hydrogens is 334 g/mol. The summed E-state index contributed by atoms with van der Waals surface area (Å²) in [5, 5.41) is 4.15. The van der Waals surface area contributed by atoms with Crippen LogP contribution in [0, 0.1) is 5.92 Å². The van der Waals surface area contributed by atoms with E-state index in [1.165, 1.54) is 5.41 Å². The number of hydrogen-bond acceptors (Lipinski definition) is 3. The summed E-state index contributed by atoms with van der Waals surface area (Å²) >= 11 is 0. The Bertz CT molecular complexity index is 871. The predicted octanol–water partition coefficient (Wildman–Crippen LogP) is 3.48. The van der Waals surface area contributed by atoms with Gasteiger partial charge < -0.3 is 5.32 Å². The van der Waals surface area contributed by atoms with E-state index in [4.69, 9.17) is 0 Å². The highest BCUT2D eigenvalue weighted by atomic mass is 32.2. The van der Waals surface area contributed by atoms with Gasteiger partial charge in [0.1, 0.15) is 0 Å². The summed E-state index contributed by atoms with van der Waals surface area (Å²) in [7, 11) is -3.11. The molecule has 1 aliphatic rings. The van der Waals surface area contributed by atoms with Crippen molar-refractivity contribution in [1.82, 2.24) is 5.32 Å². The van der Waals surface area contributed by atoms with E-state index < -0.39 is 9.84 Å². The lowest BCUT2D eigenvalue weighted by atomic mass is 10.0. The summed E-state index contributed by atoms with van der Waals surface area (Å²) in [6.45, 7) is 1.93. The molecule has 2 aromatic carbocycles. The van der Waals surface area contributed by atoms with E-state index in [-0.39, 0.29) is 30.0 Å². The molecule has 3 rings (SSSR count). The molecule has 0 spiro atoms. The van der Waals surface area contributed by atoms with Gasteiger partial charge in [-0.3, -0.25) is 4.79 Å². The molecule has 5 heteroatoms. The van der Waals surface area contributed by atoms with Crippen LogP contribution in [0.4, 0.5) is 0 Å². The SMILES string of the molecule is CC(NC(=O)CC1C=CS(=O)(=O)C1)c1ccc(-c2ccccc2)cc1. The van der Waals surface area contributed by atoms with Crippen LogP contribution in [-0.2, 0) is 14.6 Å². The Balaban J connectivity index is 1.59. The van der Waals surface area contributed by atoms with Crippen molar-refractivity contribution in [3.63, 3.8) is 0 Å². The summed E-state index contributed by atoms with van der Waals surface area (Å²) < 4.78 is 22.8. The molecule has 0 saturated heterocycles. The van der Waals surface area contributed by atoms with Gasteiger partial charge in [-0.2, -0.15) is 0 Å². The van der Waals surface area contributed by atoms with E-state index in [0.717, 1.165) is 16.7 Å². The summed E-state index contributed by atoms with van der Waals surface area (Å²) in [5.41, 5.74) is 3.30. The zero-order chi connectivity index (χ0) is 17.9. The van der Waals surface area contributed by atoms with Crippen LogP contribution < -0.4 is 5.32 Å². The third kappa shape index (κ3) is 4.57. The first-order valence-electron chi connectivity index (χ1n) is 8.29. The molecule has 0 saturated carbocycles. The monoisotopic (exact) mass is 355 g/mol. The average Bonchev–Trinajstić information content (AvgIpc) is 2.94. The van der Waals surface area contributed by atoms with Crippen molar-refractivity contribution in [3.05, 3.63) is 71.6 Å². The minimum atomic E-state index is -3.11. The highest BCUT2D eigenvalue weighted by Crippen LogP contribution is 2.22. The summed E-state index contributed by atoms with van der Waals surface area (Å²) in [6, 6.07) is 18.1. The second-order valence-electron chi connectivity index (χ2n) is 6.40. The smallest absolute Gasteiger partial charge is 0.221 e. The van der Waals surface area contributed by atoms with Crippen molar-refractivity contribution in [2.45, 2.75) is 19.4 Å². The Labute approximate surface area is 148 Å². The van der Waals surface area contributed by atoms with E-state index in [0.29, 0.717) is 0 Å². The van der Waals surface area contributed by atoms with Crippen LogP contribution in [0.2, 0.25) is 0 Å². The van der Waals surface area contributed by atoms with Crippen LogP contribution >= 0.6 is 0 Å². The van der Waals surface area contributed by atoms with Crippen molar-refractivity contribution >= 4 is 15.7 Å². The van der Waals surface area contributed by atoms with Gasteiger partial charge in [0.2, 0.25) is 5.91 Å². The van der Waals surface area contributed by atoms with E-state index in [1.807, 2.05) is 49.4 Å². The summed E-state index contributed by atoms with van der Waals surface area (Å²) in [4.78, 5) is 12.1. The van der Waals surface area contributed by atoms with E-state index in [2.05, 4.69) is 17.4 Å². The standard InChI is InChI=1S/C20H21NO3S/c1-15(21-20(22)13-16-11-12-25(23,24)14-16)17-7-9-19(10-8-17)18-5-3-2-4-6-18/h2-12,15-16H,13-14H2,1H3,(H,21,22). The molecule has 2 aromatic rings. The maximum absolute atomic E-state index is 12.1. The first-order valence-corrected chi connectivity index (χ1v) is 10.0. The Morgan fingerprint density at radius 3 is 2.32 bits per heavy atom. The van der Waals surface area contributed by atoms with Crippen LogP contribution in [-0.4, -0.2) is 20.1 Å². The van der Waals surface area contributed by atoms with Crippen molar-refractivity contribution in [2.75, 3.05) is 5.75 Å². The van der Waals surface area contributed by atoms with Crippen LogP contribution in [0.5, 0.6) is 0 Å². The molecule has 0 aliphatic carbocycles. The Morgan fingerprint density at radius 1 is 1.08 bits per heavy atom. The zero-order valence-corrected chi connectivity index (χ0v) is 14.9. The third-order valence-corrected chi connectivity index (χ3v) is 5.81. The number of carbonyl (C=O) groups excluding carboxylic acids is 1. The van der Waals surface area contributed by atoms with Gasteiger partial charge in [-0.05, 0) is 23.6 Å². The normalized spacial score (nSPS) is 19.5. The molecule has 25 heavy (non-hydrogen) atoms. The highest BCUT2D eigenvalue weighted by Gasteiger charge is 2.24. The minimum Gasteiger partial charge on any atom is -0.350 e. The summed E-state index contributed by atoms with van der Waals surface area (Å²) in [6.07, 6.45) is 1.80. The molecule has 1 N–H and O–H groups in total. The fourth-order valence-corrected chi connectivity index (χ4v) is 4.38. The van der Waals surface area contributed by atoms with Crippen LogP contribution in [0.25, 0.3) is 11.1 Å². The van der Waals surface area contributed by atoms with E-state index in [1.54, 1.807) is 6.08 Å². The van der Waals surface area contributed by atoms with E-state index in [9.17, 15) is 13.2 Å². The largest absolute Gasteiger partial charge is 0.350 e. The van der Waals surface area contributed by atoms with Crippen molar-refractivity contribution < 1.29 is 13.2 Å². The second kappa shape index (κ2) is 7.23. The molecular formula is C20H21NO3S. The van der Waals surface area contributed by atoms with Crippen LogP contribution in [0.1, 0.15) is 24.9 Å². The topological polar surface area (TPSA) is 63.2 Å². The van der Waals surface area contributed by atoms with Crippen LogP contribution in [0.15, 0.2) is 66.1 Å². The molecule has 2 atom stereocenters. The number of allylic oxidation sites excluding steroid dienone is 1. The number of hydrogen-bond donors (Lipinski definition) is 1. The fraction of sp³-hybridized carbons (Fsp3) is 0.250. The number of carbonyl (C=O) groups is 1. The lowest BCUT2D eigenvalue weighted by Crippen LogP contribution is -2.28. The molecule has 1 heterocycles. The van der Waals surface area contributed by atoms with Gasteiger partial charge in [-0.15, -0.1) is 0 Å². The van der Waals surface area contributed by atoms with Gasteiger partial charge in [-0.25, -0.2) is 8.42 Å². The lowest BCUT2D eigenvalue weighted by Gasteiger charge is -2.16. The van der Waals surface area contributed by atoms with Gasteiger partial charge in [0.15, 0.2) is 9.84 Å². The Kier molecular flexibility index (Phi) is 5.04. The van der Waals surface area contributed by atoms with Crippen LogP contribution in [0.3, 0.4) is 0 Å². The molecule has 0 bridgehead atoms. The molecule has 2 unspecified atom stereocenters. The third-order valence-electron chi connectivity index (χ3n) is 4.35. The first kappa shape index (κ1) is 17.4. The fourth-order valence-electron chi connectivity index (χ4n) is 2.98. The van der Waals surface area contributed by atoms with Gasteiger partial charge in [-0.1, -0.05) is 60.7 Å². The molecule has 4 nitrogen and oxygen atoms in total. The molecule has 0 aromatic heterocycles. The number of nitrogens with one attached hydrogen (secondary N) is 1. The number of rotatable bonds is 5. The van der Waals surface area contributed by atoms with Crippen molar-refractivity contribution in [2.24, 2.45) is 5.92 Å². The minimum absolute atomic E-state index is 0.0283. The quantitative estimate of drug-likeness (QED) is 0.893. The molecule has 0 radical (unpaired) electrons. The predicted molar refractivity (Wildman–Crippen MR) is 99.5 cm³/mol. The van der Waals surface area contributed by atoms with E-state index >= 15 is 0 Å². The van der Waals surface area contributed by atoms with Gasteiger partial charge in [0, 0.05) is 17.7 Å². The molecule has 130 valence electrons. The van der Waals surface area contributed by atoms with Crippen molar-refractivity contribution in [1.29, 1.82) is 0 Å². The molecule has 1 amide bonds. The zero-order valence-electron chi connectivity index (χ0n) is 14.1. The molecule has 1 aliphatic heterocycles. The first-order chi connectivity index (χ1) is 11.9. The van der Waals surface area contributed by atoms with Gasteiger partial charge in [0.05, 0.1) is 11.8 Å². The lowest BCUT2D eigenvalue weighted by molar-refractivity contribution is -0.122. The Hall–Kier alpha value is -2.40. The number of benzene rings is 2. The van der Waals surface area contributed by atoms with Crippen molar-refractivity contribution in [3.8, 4) is 11.1 Å². The molecule has 0 fully saturated rings. The van der Waals surface area contributed by atoms with Gasteiger partial charge >= 0.3 is 0 Å². The number of sulfone groups is 1. The van der Waals surface area contributed by atoms with Gasteiger partial charge in [0.25, 0.3) is 0 Å². The maximum atomic E-state index is 12.1. The maximum Gasteiger partial charge on any atom is 0.221 e. The second-order valence-corrected chi connectivity index (χ2v) is 8.33. The highest BCUT2D eigenvalue weighted by molar-refractivity contribution is 7.94. The summed E-state index contributed by atoms with van der Waals surface area (Å²) in [5.74, 6) is -0.329. The Morgan fingerprint density at radius 2 is 1.72 bits per heavy atom. The average molecular weight is 355 g/mol.